The average Bonchev–Trinajstić information content (AvgIpc) is 1.69. The molecule has 0 radical (unpaired) electrons. The number of carbonyl (C=O) groups is 3. The van der Waals surface area contributed by atoms with Crippen LogP contribution in [0.4, 0.5) is 23.8 Å². The zero-order valence-corrected chi connectivity index (χ0v) is 52.2. The Bertz CT molecular complexity index is 5640. The molecule has 0 bridgehead atoms. The lowest BCUT2D eigenvalue weighted by molar-refractivity contribution is -0.183. The number of methoxy groups -OCH3 is 1. The number of Topliss-reactive ketones (excluding diaryl/α,β-unsaturated/α-hetero) is 1. The van der Waals surface area contributed by atoms with Gasteiger partial charge in [-0.05, 0) is 96.5 Å². The van der Waals surface area contributed by atoms with Gasteiger partial charge in [-0.2, -0.15) is 58.4 Å². The second kappa shape index (κ2) is 22.9. The Morgan fingerprint density at radius 3 is 1.22 bits per heavy atom. The molecule has 1 aliphatic rings. The SMILES string of the molecule is CC(C)(C(=O)CCC1(O)COC1)n1ncc2c1nc(N)n1nc(-c3ccco3)nc21.CC(C)(C(=O)O)n1ncc2c1nc(N)n1nc(-c3ccco3)nc21.COC(=O)C(C)(C)n1ncc2c1nc(N)n1nc(-c3ccco3)nc21.Nc1nc2[nH]ncc2c2nc(-c3ccco3)nn12. The number of carboxylic acid groups (broad SMARTS) is 1. The number of esters is 1. The molecule has 0 atom stereocenters. The van der Waals surface area contributed by atoms with E-state index in [4.69, 9.17) is 50.1 Å². The number of nitrogens with zero attached hydrogens (tertiary/aromatic N) is 23. The van der Waals surface area contributed by atoms with E-state index in [0.29, 0.717) is 114 Å². The smallest absolute Gasteiger partial charge is 0.333 e. The molecule has 1 saturated heterocycles. The topological polar surface area (TPSA) is 521 Å². The van der Waals surface area contributed by atoms with Gasteiger partial charge in [-0.1, -0.05) is 0 Å². The van der Waals surface area contributed by atoms with Gasteiger partial charge in [-0.3, -0.25) is 9.89 Å². The minimum Gasteiger partial charge on any atom is -0.479 e. The third kappa shape index (κ3) is 10.5. The average molecular weight is 1320 g/mol. The van der Waals surface area contributed by atoms with Crippen LogP contribution in [0.2, 0.25) is 0 Å². The van der Waals surface area contributed by atoms with Gasteiger partial charge >= 0.3 is 11.9 Å². The molecular weight excluding hydrogens is 1260 g/mol. The van der Waals surface area contributed by atoms with E-state index >= 15 is 0 Å². The molecular formula is C58H56N28O11. The van der Waals surface area contributed by atoms with Crippen molar-refractivity contribution in [1.29, 1.82) is 0 Å². The fraction of sp³-hybridized carbons (Fsp3) is 0.259. The highest BCUT2D eigenvalue weighted by Crippen LogP contribution is 2.33. The minimum absolute atomic E-state index is 0.0748. The highest BCUT2D eigenvalue weighted by Gasteiger charge is 2.40. The molecule has 1 fully saturated rings. The van der Waals surface area contributed by atoms with Gasteiger partial charge < -0.3 is 60.3 Å². The molecule has 0 saturated carbocycles. The van der Waals surface area contributed by atoms with E-state index < -0.39 is 34.2 Å². The summed E-state index contributed by atoms with van der Waals surface area (Å²) in [5, 5.41) is 58.9. The molecule has 0 spiro atoms. The van der Waals surface area contributed by atoms with Crippen molar-refractivity contribution in [2.24, 2.45) is 0 Å². The number of H-pyrrole nitrogens is 1. The zero-order valence-electron chi connectivity index (χ0n) is 52.2. The fourth-order valence-corrected chi connectivity index (χ4v) is 10.5. The highest BCUT2D eigenvalue weighted by molar-refractivity contribution is 5.95. The van der Waals surface area contributed by atoms with Gasteiger partial charge in [0.25, 0.3) is 0 Å². The van der Waals surface area contributed by atoms with Crippen LogP contribution in [0.5, 0.6) is 0 Å². The van der Waals surface area contributed by atoms with Crippen LogP contribution in [-0.4, -0.2) is 172 Å². The van der Waals surface area contributed by atoms with Crippen molar-refractivity contribution in [2.75, 3.05) is 43.3 Å². The van der Waals surface area contributed by atoms with E-state index in [1.165, 1.54) is 73.4 Å². The Balaban J connectivity index is 0.000000112. The quantitative estimate of drug-likeness (QED) is 0.0788. The largest absolute Gasteiger partial charge is 0.479 e. The van der Waals surface area contributed by atoms with E-state index in [-0.39, 0.29) is 49.2 Å². The number of aliphatic hydroxyl groups is 1. The standard InChI is InChI=1S/C19H21N7O4.C15H15N7O3.C14H13N7O3.C10H7N7O/c1-18(2,13(27)5-6-19(28)9-29-10-19)26-16-11(8-21-26)15-22-14(12-4-3-7-30-12)24-25(15)17(20)23-16;1-15(2,13(23)24-3)22-12-8(7-17-22)11-18-10(9-5-4-6-25-9)20-21(11)14(16)19-12;1-14(2,12(22)23)21-11-7(6-16-21)10-17-9(8-4-3-5-24-8)19-20(10)13(15)18-11;11-10-14-7-5(4-12-15-7)9-13-8(16-17(9)10)6-2-1-3-18-6/h3-4,7-8,28H,5-6,9-10H2,1-2H3,(H2,20,23);4-7H,1-3H3,(H2,16,19);3-6H,1-2H3,(H2,15,18)(H,22,23);1-4H,(H3,11,12,14,15). The molecule has 0 unspecified atom stereocenters. The molecule has 0 aliphatic carbocycles. The van der Waals surface area contributed by atoms with Crippen LogP contribution in [0, 0.1) is 0 Å². The number of nitrogens with one attached hydrogen (secondary N) is 1. The lowest BCUT2D eigenvalue weighted by Crippen LogP contribution is -2.50. The van der Waals surface area contributed by atoms with Crippen LogP contribution in [0.1, 0.15) is 54.4 Å². The van der Waals surface area contributed by atoms with Gasteiger partial charge in [-0.25, -0.2) is 43.6 Å². The van der Waals surface area contributed by atoms with E-state index in [9.17, 15) is 24.6 Å². The second-order valence-electron chi connectivity index (χ2n) is 23.6. The molecule has 11 N–H and O–H groups in total. The van der Waals surface area contributed by atoms with Gasteiger partial charge in [0, 0.05) is 6.42 Å². The van der Waals surface area contributed by atoms with Crippen molar-refractivity contribution >= 4 is 108 Å². The first-order valence-electron chi connectivity index (χ1n) is 29.3. The number of aromatic amines is 1. The van der Waals surface area contributed by atoms with Crippen molar-refractivity contribution in [1.82, 2.24) is 118 Å². The minimum atomic E-state index is -1.29. The summed E-state index contributed by atoms with van der Waals surface area (Å²) in [5.74, 6) is 2.65. The normalized spacial score (nSPS) is 13.3. The number of anilines is 4. The van der Waals surface area contributed by atoms with Crippen molar-refractivity contribution < 1.29 is 51.7 Å². The summed E-state index contributed by atoms with van der Waals surface area (Å²) in [5.41, 5.74) is 23.4. The van der Waals surface area contributed by atoms with Crippen LogP contribution < -0.4 is 22.9 Å². The summed E-state index contributed by atoms with van der Waals surface area (Å²) in [4.78, 5) is 71.6. The predicted octanol–water partition coefficient (Wildman–Crippen LogP) is 4.36. The van der Waals surface area contributed by atoms with Gasteiger partial charge in [0.05, 0.1) is 91.7 Å². The number of carboxylic acids is 1. The summed E-state index contributed by atoms with van der Waals surface area (Å²) < 4.78 is 41.1. The van der Waals surface area contributed by atoms with E-state index in [0.717, 1.165) is 5.39 Å². The number of carbonyl (C=O) groups excluding carboxylic acids is 2. The van der Waals surface area contributed by atoms with Crippen molar-refractivity contribution in [3.8, 4) is 46.3 Å². The first-order chi connectivity index (χ1) is 46.4. The fourth-order valence-electron chi connectivity index (χ4n) is 10.5. The summed E-state index contributed by atoms with van der Waals surface area (Å²) in [6.07, 6.45) is 13.0. The van der Waals surface area contributed by atoms with Gasteiger partial charge in [-0.15, -0.1) is 20.4 Å². The number of furan rings is 4. The number of ether oxygens (including phenoxy) is 2. The number of hydrogen-bond donors (Lipinski definition) is 7. The van der Waals surface area contributed by atoms with Crippen LogP contribution >= 0.6 is 0 Å². The maximum Gasteiger partial charge on any atom is 0.333 e. The number of rotatable bonds is 13. The number of aromatic nitrogens is 24. The van der Waals surface area contributed by atoms with Crippen LogP contribution in [-0.2, 0) is 40.5 Å². The van der Waals surface area contributed by atoms with Crippen LogP contribution in [0.3, 0.4) is 0 Å². The van der Waals surface area contributed by atoms with Crippen LogP contribution in [0.25, 0.3) is 113 Å². The number of nitrogens with two attached hydrogens (primary N) is 4. The number of fused-ring (bicyclic) bond motifs is 12. The first kappa shape index (κ1) is 61.4. The third-order valence-electron chi connectivity index (χ3n) is 16.0. The van der Waals surface area contributed by atoms with Crippen molar-refractivity contribution in [3.05, 3.63) is 98.4 Å². The number of hydrogen-bond acceptors (Lipinski definition) is 30. The lowest BCUT2D eigenvalue weighted by atomic mass is 9.89. The van der Waals surface area contributed by atoms with Crippen molar-refractivity contribution in [2.45, 2.75) is 76.6 Å². The molecule has 17 heterocycles. The van der Waals surface area contributed by atoms with Gasteiger partial charge in [0.2, 0.25) is 47.1 Å². The van der Waals surface area contributed by atoms with Gasteiger partial charge in [0.1, 0.15) is 11.1 Å². The molecule has 0 amide bonds. The molecule has 39 nitrogen and oxygen atoms in total. The summed E-state index contributed by atoms with van der Waals surface area (Å²) >= 11 is 0. The number of aliphatic carboxylic acids is 1. The Morgan fingerprint density at radius 2 is 0.876 bits per heavy atom. The molecule has 97 heavy (non-hydrogen) atoms. The van der Waals surface area contributed by atoms with Crippen LogP contribution in [0.15, 0.2) is 116 Å². The molecule has 16 aromatic rings. The monoisotopic (exact) mass is 1320 g/mol. The van der Waals surface area contributed by atoms with E-state index in [1.807, 2.05) is 0 Å². The zero-order chi connectivity index (χ0) is 68.0. The third-order valence-corrected chi connectivity index (χ3v) is 16.0. The molecule has 494 valence electrons. The molecule has 16 aromatic heterocycles. The van der Waals surface area contributed by atoms with Crippen molar-refractivity contribution in [3.63, 3.8) is 0 Å². The maximum absolute atomic E-state index is 13.0. The number of ketones is 1. The first-order valence-corrected chi connectivity index (χ1v) is 29.3. The number of nitrogen functional groups attached to an aromatic ring is 4. The Labute approximate surface area is 540 Å². The van der Waals surface area contributed by atoms with Gasteiger partial charge in [0.15, 0.2) is 85.1 Å². The molecule has 1 aliphatic heterocycles. The molecule has 0 aromatic carbocycles. The summed E-state index contributed by atoms with van der Waals surface area (Å²) in [7, 11) is 1.32. The highest BCUT2D eigenvalue weighted by atomic mass is 16.5. The predicted molar refractivity (Wildman–Crippen MR) is 339 cm³/mol. The molecule has 39 heteroatoms. The Hall–Kier alpha value is -13.1. The Kier molecular flexibility index (Phi) is 14.5. The summed E-state index contributed by atoms with van der Waals surface area (Å²) in [6, 6.07) is 14.0. The maximum atomic E-state index is 13.0. The second-order valence-corrected chi connectivity index (χ2v) is 23.6. The Morgan fingerprint density at radius 1 is 0.515 bits per heavy atom. The van der Waals surface area contributed by atoms with E-state index in [2.05, 4.69) is 85.8 Å². The lowest BCUT2D eigenvalue weighted by Gasteiger charge is -2.37. The molecule has 17 rings (SSSR count). The van der Waals surface area contributed by atoms with E-state index in [1.54, 1.807) is 106 Å². The summed E-state index contributed by atoms with van der Waals surface area (Å²) in [6.45, 7) is 10.5.